The number of methoxy groups -OCH3 is 1. The zero-order valence-electron chi connectivity index (χ0n) is 15.1. The number of aliphatic imine (C=N–C) groups is 1. The molecule has 0 saturated carbocycles. The van der Waals surface area contributed by atoms with E-state index in [1.165, 1.54) is 0 Å². The second-order valence-electron chi connectivity index (χ2n) is 5.41. The van der Waals surface area contributed by atoms with Crippen molar-refractivity contribution in [2.45, 2.75) is 19.8 Å². The molecule has 0 atom stereocenters. The number of likely N-dealkylation sites (N-methyl/N-ethyl adjacent to an activating group) is 1. The second-order valence-corrected chi connectivity index (χ2v) is 5.41. The lowest BCUT2D eigenvalue weighted by molar-refractivity contribution is 0.180. The molecule has 0 saturated heterocycles. The van der Waals surface area contributed by atoms with Crippen molar-refractivity contribution in [1.82, 2.24) is 20.5 Å². The number of hydrogen-bond acceptors (Lipinski definition) is 4. The average molecular weight is 449 g/mol. The quantitative estimate of drug-likeness (QED) is 0.233. The Morgan fingerprint density at radius 1 is 1.29 bits per heavy atom. The van der Waals surface area contributed by atoms with Crippen LogP contribution in [0, 0.1) is 0 Å². The molecule has 0 aliphatic carbocycles. The standard InChI is InChI=1S/C17H31N5O.HI/c1-4-18-17(20-11-9-16-8-5-6-10-19-16)21-12-14-22(2)13-7-15-23-3;/h5-6,8,10H,4,7,9,11-15H2,1-3H3,(H2,18,20,21);1H. The number of aromatic nitrogens is 1. The van der Waals surface area contributed by atoms with Gasteiger partial charge in [-0.1, -0.05) is 6.07 Å². The first kappa shape index (κ1) is 23.1. The van der Waals surface area contributed by atoms with Gasteiger partial charge in [-0.25, -0.2) is 0 Å². The maximum absolute atomic E-state index is 5.07. The van der Waals surface area contributed by atoms with Gasteiger partial charge in [0.25, 0.3) is 0 Å². The SMILES string of the molecule is CCNC(=NCCN(C)CCCOC)NCCc1ccccn1.I. The van der Waals surface area contributed by atoms with Crippen LogP contribution in [0.3, 0.4) is 0 Å². The molecule has 0 fully saturated rings. The van der Waals surface area contributed by atoms with Crippen LogP contribution >= 0.6 is 24.0 Å². The highest BCUT2D eigenvalue weighted by Crippen LogP contribution is 1.93. The van der Waals surface area contributed by atoms with Crippen LogP contribution in [0.5, 0.6) is 0 Å². The molecule has 0 aromatic carbocycles. The minimum absolute atomic E-state index is 0. The number of ether oxygens (including phenoxy) is 1. The van der Waals surface area contributed by atoms with Gasteiger partial charge >= 0.3 is 0 Å². The van der Waals surface area contributed by atoms with Crippen LogP contribution < -0.4 is 10.6 Å². The molecule has 0 unspecified atom stereocenters. The summed E-state index contributed by atoms with van der Waals surface area (Å²) >= 11 is 0. The van der Waals surface area contributed by atoms with E-state index in [0.717, 1.165) is 63.8 Å². The van der Waals surface area contributed by atoms with Gasteiger partial charge in [0.15, 0.2) is 5.96 Å². The van der Waals surface area contributed by atoms with Crippen LogP contribution in [0.15, 0.2) is 29.4 Å². The molecule has 0 radical (unpaired) electrons. The smallest absolute Gasteiger partial charge is 0.191 e. The van der Waals surface area contributed by atoms with Crippen molar-refractivity contribution in [2.75, 3.05) is 53.5 Å². The minimum atomic E-state index is 0. The van der Waals surface area contributed by atoms with E-state index in [1.54, 1.807) is 7.11 Å². The molecule has 138 valence electrons. The molecule has 1 aromatic rings. The third-order valence-corrected chi connectivity index (χ3v) is 3.38. The summed E-state index contributed by atoms with van der Waals surface area (Å²) in [5, 5.41) is 6.63. The van der Waals surface area contributed by atoms with E-state index in [1.807, 2.05) is 24.4 Å². The highest BCUT2D eigenvalue weighted by Gasteiger charge is 2.00. The van der Waals surface area contributed by atoms with Gasteiger partial charge < -0.3 is 20.3 Å². The number of rotatable bonds is 11. The zero-order chi connectivity index (χ0) is 16.8. The summed E-state index contributed by atoms with van der Waals surface area (Å²) in [6.07, 6.45) is 3.77. The summed E-state index contributed by atoms with van der Waals surface area (Å²) < 4.78 is 5.07. The number of pyridine rings is 1. The summed E-state index contributed by atoms with van der Waals surface area (Å²) in [6, 6.07) is 5.99. The third kappa shape index (κ3) is 11.6. The molecule has 6 nitrogen and oxygen atoms in total. The predicted octanol–water partition coefficient (Wildman–Crippen LogP) is 1.77. The summed E-state index contributed by atoms with van der Waals surface area (Å²) in [4.78, 5) is 11.2. The predicted molar refractivity (Wildman–Crippen MR) is 111 cm³/mol. The van der Waals surface area contributed by atoms with Gasteiger partial charge in [0.2, 0.25) is 0 Å². The van der Waals surface area contributed by atoms with E-state index < -0.39 is 0 Å². The Labute approximate surface area is 163 Å². The van der Waals surface area contributed by atoms with E-state index in [2.05, 4.69) is 39.5 Å². The van der Waals surface area contributed by atoms with E-state index in [9.17, 15) is 0 Å². The van der Waals surface area contributed by atoms with Crippen LogP contribution in [0.4, 0.5) is 0 Å². The van der Waals surface area contributed by atoms with Gasteiger partial charge in [-0.3, -0.25) is 9.98 Å². The Kier molecular flexibility index (Phi) is 15.0. The highest BCUT2D eigenvalue weighted by atomic mass is 127. The van der Waals surface area contributed by atoms with Crippen molar-refractivity contribution in [3.8, 4) is 0 Å². The molecule has 1 aromatic heterocycles. The zero-order valence-corrected chi connectivity index (χ0v) is 17.5. The van der Waals surface area contributed by atoms with Crippen molar-refractivity contribution in [3.05, 3.63) is 30.1 Å². The summed E-state index contributed by atoms with van der Waals surface area (Å²) in [5.41, 5.74) is 1.09. The van der Waals surface area contributed by atoms with Crippen LogP contribution in [0.1, 0.15) is 19.0 Å². The minimum Gasteiger partial charge on any atom is -0.385 e. The largest absolute Gasteiger partial charge is 0.385 e. The van der Waals surface area contributed by atoms with Gasteiger partial charge in [-0.2, -0.15) is 0 Å². The summed E-state index contributed by atoms with van der Waals surface area (Å²) in [7, 11) is 3.86. The number of halogens is 1. The first-order valence-electron chi connectivity index (χ1n) is 8.35. The number of nitrogens with one attached hydrogen (secondary N) is 2. The summed E-state index contributed by atoms with van der Waals surface area (Å²) in [6.45, 7) is 7.33. The molecule has 1 rings (SSSR count). The maximum atomic E-state index is 5.07. The Hall–Kier alpha value is -0.930. The molecular formula is C17H32IN5O. The van der Waals surface area contributed by atoms with Crippen LogP contribution in [0.2, 0.25) is 0 Å². The van der Waals surface area contributed by atoms with E-state index in [0.29, 0.717) is 0 Å². The van der Waals surface area contributed by atoms with Crippen molar-refractivity contribution < 1.29 is 4.74 Å². The monoisotopic (exact) mass is 449 g/mol. The van der Waals surface area contributed by atoms with Gasteiger partial charge in [-0.15, -0.1) is 24.0 Å². The Morgan fingerprint density at radius 2 is 2.12 bits per heavy atom. The Bertz CT molecular complexity index is 430. The number of hydrogen-bond donors (Lipinski definition) is 2. The Balaban J connectivity index is 0.00000529. The molecule has 1 heterocycles. The molecule has 2 N–H and O–H groups in total. The van der Waals surface area contributed by atoms with Crippen molar-refractivity contribution in [1.29, 1.82) is 0 Å². The normalized spacial score (nSPS) is 11.2. The van der Waals surface area contributed by atoms with Crippen LogP contribution in [-0.4, -0.2) is 69.3 Å². The lowest BCUT2D eigenvalue weighted by Gasteiger charge is -2.16. The first-order chi connectivity index (χ1) is 11.3. The molecule has 0 bridgehead atoms. The average Bonchev–Trinajstić information content (AvgIpc) is 2.56. The molecule has 0 aliphatic heterocycles. The third-order valence-electron chi connectivity index (χ3n) is 3.38. The first-order valence-corrected chi connectivity index (χ1v) is 8.35. The van der Waals surface area contributed by atoms with Crippen molar-refractivity contribution >= 4 is 29.9 Å². The van der Waals surface area contributed by atoms with Gasteiger partial charge in [0.1, 0.15) is 0 Å². The van der Waals surface area contributed by atoms with E-state index in [-0.39, 0.29) is 24.0 Å². The fourth-order valence-corrected chi connectivity index (χ4v) is 2.12. The lowest BCUT2D eigenvalue weighted by atomic mass is 10.3. The molecule has 0 aliphatic rings. The van der Waals surface area contributed by atoms with Crippen LogP contribution in [-0.2, 0) is 11.2 Å². The summed E-state index contributed by atoms with van der Waals surface area (Å²) in [5.74, 6) is 0.869. The fourth-order valence-electron chi connectivity index (χ4n) is 2.12. The van der Waals surface area contributed by atoms with Crippen LogP contribution in [0.25, 0.3) is 0 Å². The van der Waals surface area contributed by atoms with Crippen molar-refractivity contribution in [3.63, 3.8) is 0 Å². The maximum Gasteiger partial charge on any atom is 0.191 e. The van der Waals surface area contributed by atoms with Gasteiger partial charge in [0, 0.05) is 58.2 Å². The van der Waals surface area contributed by atoms with E-state index in [4.69, 9.17) is 4.74 Å². The van der Waals surface area contributed by atoms with Gasteiger partial charge in [0.05, 0.1) is 6.54 Å². The van der Waals surface area contributed by atoms with Crippen molar-refractivity contribution in [2.24, 2.45) is 4.99 Å². The molecular weight excluding hydrogens is 417 g/mol. The van der Waals surface area contributed by atoms with Gasteiger partial charge in [-0.05, 0) is 32.5 Å². The number of nitrogens with zero attached hydrogens (tertiary/aromatic N) is 3. The fraction of sp³-hybridized carbons (Fsp3) is 0.647. The molecule has 7 heteroatoms. The Morgan fingerprint density at radius 3 is 2.79 bits per heavy atom. The molecule has 24 heavy (non-hydrogen) atoms. The lowest BCUT2D eigenvalue weighted by Crippen LogP contribution is -2.39. The van der Waals surface area contributed by atoms with E-state index >= 15 is 0 Å². The second kappa shape index (κ2) is 15.6. The molecule has 0 amide bonds. The number of guanidine groups is 1. The topological polar surface area (TPSA) is 61.8 Å². The highest BCUT2D eigenvalue weighted by molar-refractivity contribution is 14.0. The molecule has 0 spiro atoms.